The largest absolute Gasteiger partial charge is 0.356 e. The van der Waals surface area contributed by atoms with Crippen molar-refractivity contribution in [1.29, 1.82) is 0 Å². The Hall–Kier alpha value is -0.720. The minimum atomic E-state index is 0.354. The molecule has 0 aromatic carbocycles. The molecule has 0 bridgehead atoms. The summed E-state index contributed by atoms with van der Waals surface area (Å²) in [4.78, 5) is 8.60. The van der Waals surface area contributed by atoms with Gasteiger partial charge in [0, 0.05) is 55.1 Å². The first-order valence-electron chi connectivity index (χ1n) is 9.12. The highest BCUT2D eigenvalue weighted by Crippen LogP contribution is 2.36. The van der Waals surface area contributed by atoms with Gasteiger partial charge in [0.05, 0.1) is 0 Å². The number of rotatable bonds is 6. The van der Waals surface area contributed by atoms with E-state index in [0.29, 0.717) is 5.54 Å². The Bertz CT molecular complexity index is 503. The Morgan fingerprint density at radius 2 is 2.04 bits per heavy atom. The average molecular weight is 367 g/mol. The van der Waals surface area contributed by atoms with Crippen LogP contribution in [0.1, 0.15) is 30.6 Å². The van der Waals surface area contributed by atoms with Gasteiger partial charge in [-0.1, -0.05) is 18.9 Å². The highest BCUT2D eigenvalue weighted by Gasteiger charge is 2.39. The molecule has 6 heteroatoms. The van der Waals surface area contributed by atoms with Crippen LogP contribution in [0.3, 0.4) is 0 Å². The number of thioether (sulfide) groups is 1. The fourth-order valence-electron chi connectivity index (χ4n) is 3.90. The van der Waals surface area contributed by atoms with E-state index in [1.807, 2.05) is 18.4 Å². The maximum absolute atomic E-state index is 4.42. The molecule has 0 radical (unpaired) electrons. The highest BCUT2D eigenvalue weighted by atomic mass is 32.2. The van der Waals surface area contributed by atoms with Crippen LogP contribution in [-0.2, 0) is 6.42 Å². The summed E-state index contributed by atoms with van der Waals surface area (Å²) in [5.41, 5.74) is 0.354. The number of nitrogens with zero attached hydrogens (tertiary/aromatic N) is 2. The fraction of sp³-hybridized carbons (Fsp3) is 0.722. The van der Waals surface area contributed by atoms with Crippen molar-refractivity contribution >= 4 is 29.1 Å². The molecule has 4 nitrogen and oxygen atoms in total. The molecule has 1 aliphatic carbocycles. The predicted octanol–water partition coefficient (Wildman–Crippen LogP) is 2.82. The number of guanidine groups is 1. The quantitative estimate of drug-likeness (QED) is 0.600. The molecule has 1 saturated heterocycles. The maximum Gasteiger partial charge on any atom is 0.191 e. The summed E-state index contributed by atoms with van der Waals surface area (Å²) in [6, 6.07) is 4.32. The van der Waals surface area contributed by atoms with Crippen molar-refractivity contribution in [3.8, 4) is 0 Å². The zero-order valence-corrected chi connectivity index (χ0v) is 16.4. The van der Waals surface area contributed by atoms with Crippen LogP contribution in [-0.4, -0.2) is 61.1 Å². The second kappa shape index (κ2) is 9.11. The van der Waals surface area contributed by atoms with Crippen molar-refractivity contribution in [2.45, 2.75) is 37.6 Å². The molecule has 134 valence electrons. The lowest BCUT2D eigenvalue weighted by molar-refractivity contribution is 0.107. The molecular weight excluding hydrogens is 336 g/mol. The van der Waals surface area contributed by atoms with Gasteiger partial charge in [0.2, 0.25) is 0 Å². The summed E-state index contributed by atoms with van der Waals surface area (Å²) >= 11 is 3.92. The fourth-order valence-corrected chi connectivity index (χ4v) is 5.52. The van der Waals surface area contributed by atoms with Gasteiger partial charge in [-0.25, -0.2) is 0 Å². The van der Waals surface area contributed by atoms with Crippen LogP contribution in [0.4, 0.5) is 0 Å². The minimum absolute atomic E-state index is 0.354. The van der Waals surface area contributed by atoms with E-state index in [1.165, 1.54) is 55.2 Å². The van der Waals surface area contributed by atoms with Crippen molar-refractivity contribution in [1.82, 2.24) is 15.5 Å². The molecule has 0 atom stereocenters. The third-order valence-corrected chi connectivity index (χ3v) is 7.15. The number of hydrogen-bond donors (Lipinski definition) is 2. The number of thiophene rings is 1. The van der Waals surface area contributed by atoms with Gasteiger partial charge >= 0.3 is 0 Å². The van der Waals surface area contributed by atoms with E-state index in [9.17, 15) is 0 Å². The Morgan fingerprint density at radius 1 is 1.25 bits per heavy atom. The van der Waals surface area contributed by atoms with Crippen LogP contribution < -0.4 is 10.6 Å². The molecule has 1 saturated carbocycles. The first-order valence-corrected chi connectivity index (χ1v) is 11.2. The lowest BCUT2D eigenvalue weighted by atomic mass is 9.94. The number of aliphatic imine (C=N–C) groups is 1. The summed E-state index contributed by atoms with van der Waals surface area (Å²) in [6.45, 7) is 4.46. The molecule has 1 aromatic rings. The summed E-state index contributed by atoms with van der Waals surface area (Å²) in [6.07, 6.45) is 6.46. The van der Waals surface area contributed by atoms with Gasteiger partial charge in [0.25, 0.3) is 0 Å². The Balaban J connectivity index is 1.49. The first-order chi connectivity index (χ1) is 11.8. The molecule has 2 N–H and O–H groups in total. The van der Waals surface area contributed by atoms with Crippen LogP contribution in [0.2, 0.25) is 0 Å². The average Bonchev–Trinajstić information content (AvgIpc) is 3.31. The molecule has 3 rings (SSSR count). The second-order valence-electron chi connectivity index (χ2n) is 6.71. The highest BCUT2D eigenvalue weighted by molar-refractivity contribution is 7.99. The third-order valence-electron chi connectivity index (χ3n) is 5.27. The first kappa shape index (κ1) is 18.1. The Morgan fingerprint density at radius 3 is 2.71 bits per heavy atom. The van der Waals surface area contributed by atoms with Crippen molar-refractivity contribution in [2.24, 2.45) is 4.99 Å². The zero-order valence-electron chi connectivity index (χ0n) is 14.7. The maximum atomic E-state index is 4.42. The third kappa shape index (κ3) is 4.67. The molecule has 0 unspecified atom stereocenters. The van der Waals surface area contributed by atoms with E-state index >= 15 is 0 Å². The topological polar surface area (TPSA) is 39.7 Å². The molecule has 2 heterocycles. The van der Waals surface area contributed by atoms with Gasteiger partial charge in [-0.15, -0.1) is 11.3 Å². The number of nitrogens with one attached hydrogen (secondary N) is 2. The van der Waals surface area contributed by atoms with Crippen molar-refractivity contribution in [3.63, 3.8) is 0 Å². The van der Waals surface area contributed by atoms with E-state index in [-0.39, 0.29) is 0 Å². The lowest BCUT2D eigenvalue weighted by Crippen LogP contribution is -2.57. The van der Waals surface area contributed by atoms with Crippen molar-refractivity contribution in [2.75, 3.05) is 44.7 Å². The van der Waals surface area contributed by atoms with Crippen LogP contribution in [0.5, 0.6) is 0 Å². The van der Waals surface area contributed by atoms with Crippen molar-refractivity contribution in [3.05, 3.63) is 22.4 Å². The SMILES string of the molecule is CN=C(NCCc1cccs1)NCC1(N2CCSCC2)CCCC1. The minimum Gasteiger partial charge on any atom is -0.356 e. The smallest absolute Gasteiger partial charge is 0.191 e. The second-order valence-corrected chi connectivity index (χ2v) is 8.97. The van der Waals surface area contributed by atoms with Gasteiger partial charge < -0.3 is 10.6 Å². The molecular formula is C18H30N4S2. The molecule has 0 amide bonds. The van der Waals surface area contributed by atoms with E-state index in [0.717, 1.165) is 25.5 Å². The summed E-state index contributed by atoms with van der Waals surface area (Å²) in [5.74, 6) is 3.52. The van der Waals surface area contributed by atoms with E-state index in [2.05, 4.69) is 49.8 Å². The standard InChI is InChI=1S/C18H30N4S2/c1-19-17(20-9-6-16-5-4-12-24-16)21-15-18(7-2-3-8-18)22-10-13-23-14-11-22/h4-5,12H,2-3,6-11,13-15H2,1H3,(H2,19,20,21). The van der Waals surface area contributed by atoms with Gasteiger partial charge in [0.1, 0.15) is 0 Å². The van der Waals surface area contributed by atoms with Crippen molar-refractivity contribution < 1.29 is 0 Å². The molecule has 2 fully saturated rings. The normalized spacial score (nSPS) is 21.8. The monoisotopic (exact) mass is 366 g/mol. The van der Waals surface area contributed by atoms with Crippen LogP contribution in [0, 0.1) is 0 Å². The zero-order chi connectivity index (χ0) is 16.7. The van der Waals surface area contributed by atoms with E-state index in [1.54, 1.807) is 0 Å². The lowest BCUT2D eigenvalue weighted by Gasteiger charge is -2.43. The predicted molar refractivity (Wildman–Crippen MR) is 107 cm³/mol. The van der Waals surface area contributed by atoms with Gasteiger partial charge in [-0.3, -0.25) is 9.89 Å². The number of hydrogen-bond acceptors (Lipinski definition) is 4. The molecule has 2 aliphatic rings. The van der Waals surface area contributed by atoms with Gasteiger partial charge in [0.15, 0.2) is 5.96 Å². The Kier molecular flexibility index (Phi) is 6.86. The van der Waals surface area contributed by atoms with Crippen LogP contribution in [0.15, 0.2) is 22.5 Å². The van der Waals surface area contributed by atoms with E-state index < -0.39 is 0 Å². The Labute approximate surface area is 154 Å². The van der Waals surface area contributed by atoms with Gasteiger partial charge in [-0.05, 0) is 30.7 Å². The van der Waals surface area contributed by atoms with E-state index in [4.69, 9.17) is 0 Å². The molecule has 1 aliphatic heterocycles. The summed E-state index contributed by atoms with van der Waals surface area (Å²) in [5, 5.41) is 9.24. The molecule has 24 heavy (non-hydrogen) atoms. The van der Waals surface area contributed by atoms with Gasteiger partial charge in [-0.2, -0.15) is 11.8 Å². The summed E-state index contributed by atoms with van der Waals surface area (Å²) < 4.78 is 0. The van der Waals surface area contributed by atoms with Crippen LogP contribution >= 0.6 is 23.1 Å². The molecule has 1 aromatic heterocycles. The summed E-state index contributed by atoms with van der Waals surface area (Å²) in [7, 11) is 1.87. The molecule has 0 spiro atoms. The van der Waals surface area contributed by atoms with Crippen LogP contribution in [0.25, 0.3) is 0 Å².